The average molecular weight is 144 g/mol. The Morgan fingerprint density at radius 2 is 2.00 bits per heavy atom. The lowest BCUT2D eigenvalue weighted by Gasteiger charge is -2.15. The van der Waals surface area contributed by atoms with Gasteiger partial charge in [0, 0.05) is 19.1 Å². The lowest BCUT2D eigenvalue weighted by Crippen LogP contribution is -2.32. The molecule has 10 heavy (non-hydrogen) atoms. The summed E-state index contributed by atoms with van der Waals surface area (Å²) in [6.45, 7) is 9.91. The highest BCUT2D eigenvalue weighted by atomic mass is 15.1. The van der Waals surface area contributed by atoms with E-state index in [1.165, 1.54) is 0 Å². The molecule has 0 aromatic carbocycles. The monoisotopic (exact) mass is 144 g/mol. The van der Waals surface area contributed by atoms with Gasteiger partial charge in [-0.15, -0.1) is 0 Å². The second kappa shape index (κ2) is 5.69. The third-order valence-electron chi connectivity index (χ3n) is 1.59. The summed E-state index contributed by atoms with van der Waals surface area (Å²) in [6.07, 6.45) is 0. The van der Waals surface area contributed by atoms with E-state index in [0.29, 0.717) is 6.04 Å². The van der Waals surface area contributed by atoms with Gasteiger partial charge in [-0.2, -0.15) is 0 Å². The van der Waals surface area contributed by atoms with Crippen LogP contribution in [-0.4, -0.2) is 37.6 Å². The van der Waals surface area contributed by atoms with Crippen molar-refractivity contribution in [1.29, 1.82) is 0 Å². The Kier molecular flexibility index (Phi) is 5.64. The Morgan fingerprint density at radius 3 is 2.40 bits per heavy atom. The molecule has 0 aliphatic carbocycles. The molecule has 0 amide bonds. The van der Waals surface area contributed by atoms with Crippen LogP contribution in [0, 0.1) is 0 Å². The molecule has 0 fully saturated rings. The minimum absolute atomic E-state index is 0.616. The highest BCUT2D eigenvalue weighted by molar-refractivity contribution is 4.55. The van der Waals surface area contributed by atoms with E-state index >= 15 is 0 Å². The lowest BCUT2D eigenvalue weighted by atomic mass is 10.4. The van der Waals surface area contributed by atoms with Crippen molar-refractivity contribution in [2.75, 3.05) is 26.7 Å². The quantitative estimate of drug-likeness (QED) is 0.617. The molecule has 62 valence electrons. The molecule has 0 rings (SSSR count). The molecule has 0 unspecified atom stereocenters. The minimum Gasteiger partial charge on any atom is -0.313 e. The zero-order valence-electron chi connectivity index (χ0n) is 7.65. The van der Waals surface area contributed by atoms with Gasteiger partial charge >= 0.3 is 0 Å². The molecule has 0 saturated heterocycles. The summed E-state index contributed by atoms with van der Waals surface area (Å²) in [5, 5.41) is 3.37. The summed E-state index contributed by atoms with van der Waals surface area (Å²) in [5.74, 6) is 0. The van der Waals surface area contributed by atoms with Crippen molar-refractivity contribution in [3.8, 4) is 0 Å². The van der Waals surface area contributed by atoms with Crippen LogP contribution in [0.1, 0.15) is 20.8 Å². The first-order chi connectivity index (χ1) is 4.66. The standard InChI is InChI=1S/C8H20N2/c1-5-10(4)7-6-9-8(2)3/h8-9H,5-7H2,1-4H3. The number of likely N-dealkylation sites (N-methyl/N-ethyl adjacent to an activating group) is 1. The minimum atomic E-state index is 0.616. The number of hydrogen-bond donors (Lipinski definition) is 1. The first-order valence-corrected chi connectivity index (χ1v) is 4.08. The first-order valence-electron chi connectivity index (χ1n) is 4.08. The number of nitrogens with zero attached hydrogens (tertiary/aromatic N) is 1. The van der Waals surface area contributed by atoms with Crippen LogP contribution in [0.3, 0.4) is 0 Å². The molecule has 0 aliphatic rings. The van der Waals surface area contributed by atoms with Crippen LogP contribution >= 0.6 is 0 Å². The Labute approximate surface area is 64.6 Å². The molecule has 0 atom stereocenters. The molecule has 0 aromatic rings. The van der Waals surface area contributed by atoms with E-state index in [-0.39, 0.29) is 0 Å². The van der Waals surface area contributed by atoms with E-state index in [4.69, 9.17) is 0 Å². The largest absolute Gasteiger partial charge is 0.313 e. The van der Waals surface area contributed by atoms with Crippen LogP contribution in [0.2, 0.25) is 0 Å². The molecule has 0 spiro atoms. The summed E-state index contributed by atoms with van der Waals surface area (Å²) in [5.41, 5.74) is 0. The van der Waals surface area contributed by atoms with E-state index in [1.54, 1.807) is 0 Å². The van der Waals surface area contributed by atoms with Crippen molar-refractivity contribution in [1.82, 2.24) is 10.2 Å². The molecule has 2 nitrogen and oxygen atoms in total. The molecule has 0 aliphatic heterocycles. The van der Waals surface area contributed by atoms with Gasteiger partial charge in [0.15, 0.2) is 0 Å². The highest BCUT2D eigenvalue weighted by Gasteiger charge is 1.94. The van der Waals surface area contributed by atoms with Crippen molar-refractivity contribution in [3.63, 3.8) is 0 Å². The molecular weight excluding hydrogens is 124 g/mol. The summed E-state index contributed by atoms with van der Waals surface area (Å²) in [6, 6.07) is 0.616. The summed E-state index contributed by atoms with van der Waals surface area (Å²) in [7, 11) is 2.14. The zero-order valence-corrected chi connectivity index (χ0v) is 7.65. The van der Waals surface area contributed by atoms with Crippen molar-refractivity contribution in [2.45, 2.75) is 26.8 Å². The van der Waals surface area contributed by atoms with Gasteiger partial charge in [0.1, 0.15) is 0 Å². The van der Waals surface area contributed by atoms with Crippen LogP contribution in [0.5, 0.6) is 0 Å². The average Bonchev–Trinajstić information content (AvgIpc) is 1.87. The Morgan fingerprint density at radius 1 is 1.40 bits per heavy atom. The van der Waals surface area contributed by atoms with Crippen LogP contribution in [0.4, 0.5) is 0 Å². The number of hydrogen-bond acceptors (Lipinski definition) is 2. The van der Waals surface area contributed by atoms with Crippen molar-refractivity contribution < 1.29 is 0 Å². The molecule has 1 N–H and O–H groups in total. The highest BCUT2D eigenvalue weighted by Crippen LogP contribution is 1.79. The maximum absolute atomic E-state index is 3.37. The van der Waals surface area contributed by atoms with Gasteiger partial charge in [-0.1, -0.05) is 20.8 Å². The fourth-order valence-corrected chi connectivity index (χ4v) is 0.702. The van der Waals surface area contributed by atoms with Crippen LogP contribution in [0.15, 0.2) is 0 Å². The molecule has 2 heteroatoms. The van der Waals surface area contributed by atoms with E-state index in [9.17, 15) is 0 Å². The third kappa shape index (κ3) is 6.05. The summed E-state index contributed by atoms with van der Waals surface area (Å²) >= 11 is 0. The first kappa shape index (κ1) is 9.92. The third-order valence-corrected chi connectivity index (χ3v) is 1.59. The van der Waals surface area contributed by atoms with Crippen LogP contribution in [0.25, 0.3) is 0 Å². The molecule has 0 saturated carbocycles. The Bertz CT molecular complexity index is 71.7. The fourth-order valence-electron chi connectivity index (χ4n) is 0.702. The second-order valence-corrected chi connectivity index (χ2v) is 3.00. The van der Waals surface area contributed by atoms with Gasteiger partial charge in [0.25, 0.3) is 0 Å². The number of nitrogens with one attached hydrogen (secondary N) is 1. The van der Waals surface area contributed by atoms with Gasteiger partial charge in [0.05, 0.1) is 0 Å². The van der Waals surface area contributed by atoms with Gasteiger partial charge in [-0.05, 0) is 13.6 Å². The maximum atomic E-state index is 3.37. The predicted octanol–water partition coefficient (Wildman–Crippen LogP) is 0.936. The van der Waals surface area contributed by atoms with Crippen molar-refractivity contribution >= 4 is 0 Å². The lowest BCUT2D eigenvalue weighted by molar-refractivity contribution is 0.344. The zero-order chi connectivity index (χ0) is 7.98. The Balaban J connectivity index is 3.03. The normalized spacial score (nSPS) is 11.4. The second-order valence-electron chi connectivity index (χ2n) is 3.00. The smallest absolute Gasteiger partial charge is 0.0104 e. The number of rotatable bonds is 5. The van der Waals surface area contributed by atoms with Crippen LogP contribution < -0.4 is 5.32 Å². The predicted molar refractivity (Wildman–Crippen MR) is 46.3 cm³/mol. The molecule has 0 radical (unpaired) electrons. The van der Waals surface area contributed by atoms with Crippen LogP contribution in [-0.2, 0) is 0 Å². The Hall–Kier alpha value is -0.0800. The van der Waals surface area contributed by atoms with E-state index in [1.807, 2.05) is 0 Å². The van der Waals surface area contributed by atoms with Crippen molar-refractivity contribution in [3.05, 3.63) is 0 Å². The topological polar surface area (TPSA) is 15.3 Å². The van der Waals surface area contributed by atoms with E-state index < -0.39 is 0 Å². The van der Waals surface area contributed by atoms with Crippen molar-refractivity contribution in [2.24, 2.45) is 0 Å². The summed E-state index contributed by atoms with van der Waals surface area (Å²) < 4.78 is 0. The maximum Gasteiger partial charge on any atom is 0.0104 e. The molecule has 0 aromatic heterocycles. The SMILES string of the molecule is CCN(C)CCNC(C)C. The molecule has 0 bridgehead atoms. The molecular formula is C8H20N2. The van der Waals surface area contributed by atoms with Gasteiger partial charge in [-0.25, -0.2) is 0 Å². The fraction of sp³-hybridized carbons (Fsp3) is 1.00. The summed E-state index contributed by atoms with van der Waals surface area (Å²) in [4.78, 5) is 2.30. The van der Waals surface area contributed by atoms with Gasteiger partial charge in [0.2, 0.25) is 0 Å². The van der Waals surface area contributed by atoms with E-state index in [0.717, 1.165) is 19.6 Å². The van der Waals surface area contributed by atoms with Gasteiger partial charge in [-0.3, -0.25) is 0 Å². The molecule has 0 heterocycles. The van der Waals surface area contributed by atoms with E-state index in [2.05, 4.69) is 38.0 Å². The van der Waals surface area contributed by atoms with Gasteiger partial charge < -0.3 is 10.2 Å².